The fraction of sp³-hybridized carbons (Fsp3) is 0.125. The van der Waals surface area contributed by atoms with Crippen molar-refractivity contribution in [3.63, 3.8) is 0 Å². The lowest BCUT2D eigenvalue weighted by molar-refractivity contribution is 0.0955. The van der Waals surface area contributed by atoms with E-state index in [2.05, 4.69) is 10.5 Å². The average molecular weight is 286 g/mol. The van der Waals surface area contributed by atoms with Crippen LogP contribution >= 0.6 is 0 Å². The third kappa shape index (κ3) is 3.89. The highest BCUT2D eigenvalue weighted by molar-refractivity contribution is 6.01. The number of hydrogen-bond donors (Lipinski definition) is 1. The molecule has 1 amide bonds. The molecule has 0 saturated heterocycles. The summed E-state index contributed by atoms with van der Waals surface area (Å²) < 4.78 is 17.9. The molecule has 0 spiro atoms. The predicted molar refractivity (Wildman–Crippen MR) is 79.1 cm³/mol. The monoisotopic (exact) mass is 286 g/mol. The van der Waals surface area contributed by atoms with Crippen molar-refractivity contribution < 1.29 is 13.9 Å². The number of halogens is 1. The van der Waals surface area contributed by atoms with Gasteiger partial charge in [-0.15, -0.1) is 0 Å². The van der Waals surface area contributed by atoms with Gasteiger partial charge in [0.2, 0.25) is 0 Å². The first-order valence-electron chi connectivity index (χ1n) is 6.35. The first-order chi connectivity index (χ1) is 10.1. The third-order valence-electron chi connectivity index (χ3n) is 2.92. The topological polar surface area (TPSA) is 50.7 Å². The molecule has 0 unspecified atom stereocenters. The SMILES string of the molecule is COc1cccc(/C(C)=N\NC(=O)c2ccc(F)cc2)c1. The number of rotatable bonds is 4. The molecule has 0 aromatic heterocycles. The van der Waals surface area contributed by atoms with E-state index >= 15 is 0 Å². The van der Waals surface area contributed by atoms with E-state index in [0.29, 0.717) is 17.0 Å². The van der Waals surface area contributed by atoms with Gasteiger partial charge in [-0.3, -0.25) is 4.79 Å². The predicted octanol–water partition coefficient (Wildman–Crippen LogP) is 2.99. The highest BCUT2D eigenvalue weighted by atomic mass is 19.1. The number of carbonyl (C=O) groups excluding carboxylic acids is 1. The van der Waals surface area contributed by atoms with Crippen LogP contribution in [0.25, 0.3) is 0 Å². The Hall–Kier alpha value is -2.69. The molecule has 108 valence electrons. The first-order valence-corrected chi connectivity index (χ1v) is 6.35. The normalized spacial score (nSPS) is 11.1. The highest BCUT2D eigenvalue weighted by Gasteiger charge is 2.05. The Labute approximate surface area is 122 Å². The summed E-state index contributed by atoms with van der Waals surface area (Å²) in [5.41, 5.74) is 4.27. The molecule has 2 aromatic rings. The number of hydrogen-bond acceptors (Lipinski definition) is 3. The van der Waals surface area contributed by atoms with E-state index in [0.717, 1.165) is 5.56 Å². The van der Waals surface area contributed by atoms with E-state index in [-0.39, 0.29) is 5.82 Å². The third-order valence-corrected chi connectivity index (χ3v) is 2.92. The molecule has 0 heterocycles. The zero-order chi connectivity index (χ0) is 15.2. The lowest BCUT2D eigenvalue weighted by Crippen LogP contribution is -2.19. The number of ether oxygens (including phenoxy) is 1. The molecule has 0 saturated carbocycles. The van der Waals surface area contributed by atoms with Crippen LogP contribution in [0.4, 0.5) is 4.39 Å². The summed E-state index contributed by atoms with van der Waals surface area (Å²) >= 11 is 0. The molecule has 21 heavy (non-hydrogen) atoms. The second-order valence-corrected chi connectivity index (χ2v) is 4.38. The zero-order valence-corrected chi connectivity index (χ0v) is 11.8. The van der Waals surface area contributed by atoms with Crippen LogP contribution in [0.5, 0.6) is 5.75 Å². The molecular formula is C16H15FN2O2. The van der Waals surface area contributed by atoms with Crippen molar-refractivity contribution in [2.24, 2.45) is 5.10 Å². The van der Waals surface area contributed by atoms with Crippen LogP contribution in [0.3, 0.4) is 0 Å². The number of carbonyl (C=O) groups is 1. The van der Waals surface area contributed by atoms with Gasteiger partial charge in [-0.1, -0.05) is 12.1 Å². The number of nitrogens with one attached hydrogen (secondary N) is 1. The van der Waals surface area contributed by atoms with Gasteiger partial charge in [0.15, 0.2) is 0 Å². The van der Waals surface area contributed by atoms with E-state index in [1.54, 1.807) is 14.0 Å². The molecule has 0 fully saturated rings. The lowest BCUT2D eigenvalue weighted by Gasteiger charge is -2.05. The standard InChI is InChI=1S/C16H15FN2O2/c1-11(13-4-3-5-15(10-13)21-2)18-19-16(20)12-6-8-14(17)9-7-12/h3-10H,1-2H3,(H,19,20)/b18-11-. The van der Waals surface area contributed by atoms with Crippen LogP contribution in [0.15, 0.2) is 53.6 Å². The summed E-state index contributed by atoms with van der Waals surface area (Å²) in [6, 6.07) is 12.6. The summed E-state index contributed by atoms with van der Waals surface area (Å²) in [5.74, 6) is -0.0632. The van der Waals surface area contributed by atoms with Crippen LogP contribution in [0.1, 0.15) is 22.8 Å². The molecule has 2 aromatic carbocycles. The van der Waals surface area contributed by atoms with Crippen LogP contribution in [-0.4, -0.2) is 18.7 Å². The summed E-state index contributed by atoms with van der Waals surface area (Å²) in [4.78, 5) is 11.8. The summed E-state index contributed by atoms with van der Waals surface area (Å²) in [6.07, 6.45) is 0. The molecule has 0 radical (unpaired) electrons. The first kappa shape index (κ1) is 14.7. The van der Waals surface area contributed by atoms with Crippen molar-refractivity contribution in [3.05, 3.63) is 65.5 Å². The van der Waals surface area contributed by atoms with Crippen LogP contribution in [-0.2, 0) is 0 Å². The maximum atomic E-state index is 12.8. The van der Waals surface area contributed by atoms with Gasteiger partial charge < -0.3 is 4.74 Å². The van der Waals surface area contributed by atoms with E-state index in [1.165, 1.54) is 24.3 Å². The van der Waals surface area contributed by atoms with Gasteiger partial charge >= 0.3 is 0 Å². The van der Waals surface area contributed by atoms with Gasteiger partial charge in [0.05, 0.1) is 12.8 Å². The fourth-order valence-electron chi connectivity index (χ4n) is 1.71. The van der Waals surface area contributed by atoms with Crippen molar-refractivity contribution in [2.45, 2.75) is 6.92 Å². The molecule has 0 atom stereocenters. The van der Waals surface area contributed by atoms with Crippen molar-refractivity contribution in [3.8, 4) is 5.75 Å². The number of hydrazone groups is 1. The van der Waals surface area contributed by atoms with E-state index in [9.17, 15) is 9.18 Å². The van der Waals surface area contributed by atoms with Crippen molar-refractivity contribution in [1.29, 1.82) is 0 Å². The molecule has 1 N–H and O–H groups in total. The fourth-order valence-corrected chi connectivity index (χ4v) is 1.71. The molecule has 0 aliphatic rings. The van der Waals surface area contributed by atoms with Crippen molar-refractivity contribution in [2.75, 3.05) is 7.11 Å². The van der Waals surface area contributed by atoms with Crippen LogP contribution < -0.4 is 10.2 Å². The minimum atomic E-state index is -0.391. The molecule has 0 aliphatic carbocycles. The Morgan fingerprint density at radius 3 is 2.52 bits per heavy atom. The summed E-state index contributed by atoms with van der Waals surface area (Å²) in [6.45, 7) is 1.78. The summed E-state index contributed by atoms with van der Waals surface area (Å²) in [5, 5.41) is 4.04. The maximum absolute atomic E-state index is 12.8. The Kier molecular flexibility index (Phi) is 4.66. The Bertz CT molecular complexity index is 666. The van der Waals surface area contributed by atoms with Gasteiger partial charge in [-0.25, -0.2) is 9.82 Å². The van der Waals surface area contributed by atoms with Gasteiger partial charge in [-0.2, -0.15) is 5.10 Å². The Morgan fingerprint density at radius 1 is 1.14 bits per heavy atom. The minimum Gasteiger partial charge on any atom is -0.497 e. The smallest absolute Gasteiger partial charge is 0.271 e. The second kappa shape index (κ2) is 6.65. The minimum absolute atomic E-state index is 0.346. The van der Waals surface area contributed by atoms with E-state index in [1.807, 2.05) is 24.3 Å². The van der Waals surface area contributed by atoms with Crippen molar-refractivity contribution >= 4 is 11.6 Å². The number of amides is 1. The Morgan fingerprint density at radius 2 is 1.86 bits per heavy atom. The quantitative estimate of drug-likeness (QED) is 0.694. The van der Waals surface area contributed by atoms with Gasteiger partial charge in [0.25, 0.3) is 5.91 Å². The second-order valence-electron chi connectivity index (χ2n) is 4.38. The zero-order valence-electron chi connectivity index (χ0n) is 11.8. The van der Waals surface area contributed by atoms with Gasteiger partial charge in [0, 0.05) is 11.1 Å². The number of methoxy groups -OCH3 is 1. The van der Waals surface area contributed by atoms with E-state index < -0.39 is 5.91 Å². The molecular weight excluding hydrogens is 271 g/mol. The Balaban J connectivity index is 2.09. The number of nitrogens with zero attached hydrogens (tertiary/aromatic N) is 1. The molecule has 0 bridgehead atoms. The largest absolute Gasteiger partial charge is 0.497 e. The number of benzene rings is 2. The average Bonchev–Trinajstić information content (AvgIpc) is 2.53. The highest BCUT2D eigenvalue weighted by Crippen LogP contribution is 2.13. The van der Waals surface area contributed by atoms with E-state index in [4.69, 9.17) is 4.74 Å². The molecule has 4 nitrogen and oxygen atoms in total. The van der Waals surface area contributed by atoms with Crippen LogP contribution in [0, 0.1) is 5.82 Å². The molecule has 2 rings (SSSR count). The lowest BCUT2D eigenvalue weighted by atomic mass is 10.1. The summed E-state index contributed by atoms with van der Waals surface area (Å²) in [7, 11) is 1.59. The van der Waals surface area contributed by atoms with Gasteiger partial charge in [0.1, 0.15) is 11.6 Å². The van der Waals surface area contributed by atoms with Crippen LogP contribution in [0.2, 0.25) is 0 Å². The molecule has 0 aliphatic heterocycles. The molecule has 5 heteroatoms. The van der Waals surface area contributed by atoms with Crippen molar-refractivity contribution in [1.82, 2.24) is 5.43 Å². The van der Waals surface area contributed by atoms with Gasteiger partial charge in [-0.05, 0) is 43.3 Å². The maximum Gasteiger partial charge on any atom is 0.271 e.